The molecule has 1 unspecified atom stereocenters. The fraction of sp³-hybridized carbons (Fsp3) is 1.00. The van der Waals surface area contributed by atoms with Gasteiger partial charge in [-0.2, -0.15) is 0 Å². The summed E-state index contributed by atoms with van der Waals surface area (Å²) in [5.41, 5.74) is 0. The van der Waals surface area contributed by atoms with E-state index in [-0.39, 0.29) is 6.10 Å². The lowest BCUT2D eigenvalue weighted by Crippen LogP contribution is -2.50. The van der Waals surface area contributed by atoms with E-state index in [1.165, 1.54) is 6.54 Å². The molecule has 0 aromatic heterocycles. The smallest absolute Gasteiger partial charge is 0.0791 e. The van der Waals surface area contributed by atoms with Crippen LogP contribution in [0, 0.1) is 5.92 Å². The molecule has 1 rings (SSSR count). The average molecular weight is 257 g/mol. The van der Waals surface area contributed by atoms with Crippen molar-refractivity contribution in [3.63, 3.8) is 0 Å². The van der Waals surface area contributed by atoms with Gasteiger partial charge in [-0.15, -0.1) is 0 Å². The number of aliphatic hydroxyl groups excluding tert-OH is 1. The maximum absolute atomic E-state index is 9.92. The Labute approximate surface area is 112 Å². The van der Waals surface area contributed by atoms with E-state index in [1.54, 1.807) is 0 Å². The summed E-state index contributed by atoms with van der Waals surface area (Å²) in [5, 5.41) is 13.2. The highest BCUT2D eigenvalue weighted by atomic mass is 16.3. The minimum absolute atomic E-state index is 0.229. The number of β-amino-alcohol motifs (C(OH)–C–C–N with tert-alkyl or cyclic N) is 1. The topological polar surface area (TPSA) is 38.7 Å². The third-order valence-electron chi connectivity index (χ3n) is 3.36. The van der Waals surface area contributed by atoms with Gasteiger partial charge in [0.15, 0.2) is 0 Å². The Kier molecular flexibility index (Phi) is 7.82. The molecule has 1 atom stereocenters. The van der Waals surface area contributed by atoms with Crippen LogP contribution < -0.4 is 5.32 Å². The molecular weight excluding hydrogens is 226 g/mol. The molecule has 0 amide bonds. The molecule has 1 aliphatic rings. The Morgan fingerprint density at radius 3 is 2.11 bits per heavy atom. The first-order valence-electron chi connectivity index (χ1n) is 7.45. The molecule has 1 saturated heterocycles. The Morgan fingerprint density at radius 1 is 1.06 bits per heavy atom. The molecule has 1 heterocycles. The molecule has 4 heteroatoms. The lowest BCUT2D eigenvalue weighted by molar-refractivity contribution is 0.0688. The summed E-state index contributed by atoms with van der Waals surface area (Å²) in [4.78, 5) is 4.91. The number of aliphatic hydroxyl groups is 1. The first-order chi connectivity index (χ1) is 8.61. The van der Waals surface area contributed by atoms with Crippen molar-refractivity contribution >= 4 is 0 Å². The van der Waals surface area contributed by atoms with Gasteiger partial charge in [-0.3, -0.25) is 4.90 Å². The molecule has 4 nitrogen and oxygen atoms in total. The second-order valence-electron chi connectivity index (χ2n) is 5.85. The maximum atomic E-state index is 9.92. The number of hydrogen-bond donors (Lipinski definition) is 2. The average Bonchev–Trinajstić information content (AvgIpc) is 2.31. The summed E-state index contributed by atoms with van der Waals surface area (Å²) in [6, 6.07) is 0. The first kappa shape index (κ1) is 15.9. The third-order valence-corrected chi connectivity index (χ3v) is 3.36. The van der Waals surface area contributed by atoms with Gasteiger partial charge in [0.05, 0.1) is 6.10 Å². The van der Waals surface area contributed by atoms with Crippen LogP contribution in [0.2, 0.25) is 0 Å². The summed E-state index contributed by atoms with van der Waals surface area (Å²) < 4.78 is 0. The van der Waals surface area contributed by atoms with E-state index in [9.17, 15) is 5.11 Å². The zero-order chi connectivity index (χ0) is 13.4. The molecule has 0 bridgehead atoms. The number of rotatable bonds is 8. The van der Waals surface area contributed by atoms with Gasteiger partial charge in [0.1, 0.15) is 0 Å². The van der Waals surface area contributed by atoms with Crippen molar-refractivity contribution in [3.8, 4) is 0 Å². The van der Waals surface area contributed by atoms with E-state index in [4.69, 9.17) is 0 Å². The molecule has 2 N–H and O–H groups in total. The third kappa shape index (κ3) is 6.69. The van der Waals surface area contributed by atoms with Crippen molar-refractivity contribution in [1.29, 1.82) is 0 Å². The van der Waals surface area contributed by atoms with Gasteiger partial charge in [0.25, 0.3) is 0 Å². The summed E-state index contributed by atoms with van der Waals surface area (Å²) >= 11 is 0. The summed E-state index contributed by atoms with van der Waals surface area (Å²) in [6.45, 7) is 14.9. The maximum Gasteiger partial charge on any atom is 0.0791 e. The first-order valence-corrected chi connectivity index (χ1v) is 7.45. The van der Waals surface area contributed by atoms with Gasteiger partial charge < -0.3 is 15.3 Å². The number of piperazine rings is 1. The van der Waals surface area contributed by atoms with Crippen LogP contribution in [0.1, 0.15) is 27.2 Å². The van der Waals surface area contributed by atoms with Crippen LogP contribution in [0.4, 0.5) is 0 Å². The van der Waals surface area contributed by atoms with Crippen molar-refractivity contribution in [1.82, 2.24) is 15.1 Å². The van der Waals surface area contributed by atoms with Crippen LogP contribution in [0.3, 0.4) is 0 Å². The van der Waals surface area contributed by atoms with Gasteiger partial charge in [-0.25, -0.2) is 0 Å². The van der Waals surface area contributed by atoms with Gasteiger partial charge in [-0.05, 0) is 18.9 Å². The van der Waals surface area contributed by atoms with Crippen LogP contribution in [0.15, 0.2) is 0 Å². The van der Waals surface area contributed by atoms with Gasteiger partial charge >= 0.3 is 0 Å². The van der Waals surface area contributed by atoms with Gasteiger partial charge in [-0.1, -0.05) is 20.8 Å². The highest BCUT2D eigenvalue weighted by Gasteiger charge is 2.19. The summed E-state index contributed by atoms with van der Waals surface area (Å²) in [5.74, 6) is 0.750. The van der Waals surface area contributed by atoms with Crippen molar-refractivity contribution in [2.24, 2.45) is 5.92 Å². The standard InChI is InChI=1S/C14H31N3O/c1-4-5-15-10-14(18)12-17-8-6-16(7-9-17)11-13(2)3/h13-15,18H,4-12H2,1-3H3. The number of nitrogens with zero attached hydrogens (tertiary/aromatic N) is 2. The van der Waals surface area contributed by atoms with Crippen LogP contribution in [0.25, 0.3) is 0 Å². The Bertz CT molecular complexity index is 203. The van der Waals surface area contributed by atoms with E-state index in [2.05, 4.69) is 35.9 Å². The molecule has 0 aliphatic carbocycles. The molecule has 108 valence electrons. The molecule has 1 fully saturated rings. The Balaban J connectivity index is 2.11. The largest absolute Gasteiger partial charge is 0.390 e. The predicted molar refractivity (Wildman–Crippen MR) is 76.9 cm³/mol. The van der Waals surface area contributed by atoms with E-state index in [0.717, 1.165) is 58.2 Å². The fourth-order valence-electron chi connectivity index (χ4n) is 2.48. The van der Waals surface area contributed by atoms with E-state index in [0.29, 0.717) is 0 Å². The minimum atomic E-state index is -0.229. The Hall–Kier alpha value is -0.160. The van der Waals surface area contributed by atoms with Crippen molar-refractivity contribution in [3.05, 3.63) is 0 Å². The highest BCUT2D eigenvalue weighted by Crippen LogP contribution is 2.05. The predicted octanol–water partition coefficient (Wildman–Crippen LogP) is 0.621. The summed E-state index contributed by atoms with van der Waals surface area (Å²) in [6.07, 6.45) is 0.897. The van der Waals surface area contributed by atoms with Crippen molar-refractivity contribution in [2.75, 3.05) is 52.4 Å². The Morgan fingerprint density at radius 2 is 1.61 bits per heavy atom. The highest BCUT2D eigenvalue weighted by molar-refractivity contribution is 4.75. The lowest BCUT2D eigenvalue weighted by Gasteiger charge is -2.36. The van der Waals surface area contributed by atoms with Crippen LogP contribution >= 0.6 is 0 Å². The minimum Gasteiger partial charge on any atom is -0.390 e. The quantitative estimate of drug-likeness (QED) is 0.625. The molecule has 0 radical (unpaired) electrons. The van der Waals surface area contributed by atoms with Gasteiger partial charge in [0.2, 0.25) is 0 Å². The lowest BCUT2D eigenvalue weighted by atomic mass is 10.2. The SMILES string of the molecule is CCCNCC(O)CN1CCN(CC(C)C)CC1. The molecule has 0 spiro atoms. The van der Waals surface area contributed by atoms with Crippen molar-refractivity contribution < 1.29 is 5.11 Å². The molecular formula is C14H31N3O. The zero-order valence-corrected chi connectivity index (χ0v) is 12.4. The monoisotopic (exact) mass is 257 g/mol. The van der Waals surface area contributed by atoms with Crippen molar-refractivity contribution in [2.45, 2.75) is 33.3 Å². The van der Waals surface area contributed by atoms with E-state index >= 15 is 0 Å². The number of nitrogens with one attached hydrogen (secondary N) is 1. The zero-order valence-electron chi connectivity index (χ0n) is 12.4. The molecule has 0 aromatic rings. The van der Waals surface area contributed by atoms with Gasteiger partial charge in [0, 0.05) is 45.8 Å². The fourth-order valence-corrected chi connectivity index (χ4v) is 2.48. The second-order valence-corrected chi connectivity index (χ2v) is 5.85. The van der Waals surface area contributed by atoms with E-state index < -0.39 is 0 Å². The molecule has 18 heavy (non-hydrogen) atoms. The number of hydrogen-bond acceptors (Lipinski definition) is 4. The molecule has 0 saturated carbocycles. The van der Waals surface area contributed by atoms with Crippen LogP contribution in [-0.4, -0.2) is 73.4 Å². The molecule has 1 aliphatic heterocycles. The normalized spacial score (nSPS) is 20.5. The van der Waals surface area contributed by atoms with Crippen LogP contribution in [0.5, 0.6) is 0 Å². The summed E-state index contributed by atoms with van der Waals surface area (Å²) in [7, 11) is 0. The second kappa shape index (κ2) is 8.86. The van der Waals surface area contributed by atoms with Crippen LogP contribution in [-0.2, 0) is 0 Å². The van der Waals surface area contributed by atoms with E-state index in [1.807, 2.05) is 0 Å². The molecule has 0 aromatic carbocycles.